The van der Waals surface area contributed by atoms with Crippen molar-refractivity contribution in [1.82, 2.24) is 4.98 Å². The van der Waals surface area contributed by atoms with E-state index in [2.05, 4.69) is 4.98 Å². The summed E-state index contributed by atoms with van der Waals surface area (Å²) in [6.07, 6.45) is -1.99. The molecule has 72 valence electrons. The second kappa shape index (κ2) is 3.61. The van der Waals surface area contributed by atoms with Crippen molar-refractivity contribution in [3.8, 4) is 0 Å². The van der Waals surface area contributed by atoms with Gasteiger partial charge in [0.15, 0.2) is 5.82 Å². The van der Waals surface area contributed by atoms with Gasteiger partial charge in [-0.25, -0.2) is 13.2 Å². The molecule has 1 aromatic rings. The summed E-state index contributed by atoms with van der Waals surface area (Å²) >= 11 is 0. The summed E-state index contributed by atoms with van der Waals surface area (Å²) in [6, 6.07) is 0. The van der Waals surface area contributed by atoms with Crippen LogP contribution in [-0.2, 0) is 6.54 Å². The maximum atomic E-state index is 13.0. The third kappa shape index (κ3) is 1.72. The van der Waals surface area contributed by atoms with Gasteiger partial charge in [0.05, 0.1) is 16.9 Å². The van der Waals surface area contributed by atoms with Crippen molar-refractivity contribution in [1.29, 1.82) is 0 Å². The molecular formula is C7H8F3N3. The van der Waals surface area contributed by atoms with Crippen molar-refractivity contribution in [2.75, 3.05) is 5.73 Å². The lowest BCUT2D eigenvalue weighted by molar-refractivity contribution is 0.151. The van der Waals surface area contributed by atoms with Crippen LogP contribution < -0.4 is 11.5 Å². The first-order valence-corrected chi connectivity index (χ1v) is 3.49. The molecule has 0 amide bonds. The highest BCUT2D eigenvalue weighted by Gasteiger charge is 2.17. The van der Waals surface area contributed by atoms with Crippen LogP contribution in [0.1, 0.15) is 17.7 Å². The Bertz CT molecular complexity index is 314. The number of nitrogens with zero attached hydrogens (tertiary/aromatic N) is 1. The lowest BCUT2D eigenvalue weighted by Gasteiger charge is -2.07. The van der Waals surface area contributed by atoms with Gasteiger partial charge in [0.25, 0.3) is 6.43 Å². The number of anilines is 1. The molecule has 0 aliphatic carbocycles. The summed E-state index contributed by atoms with van der Waals surface area (Å²) < 4.78 is 37.3. The molecule has 0 saturated carbocycles. The molecule has 0 bridgehead atoms. The lowest BCUT2D eigenvalue weighted by Crippen LogP contribution is -2.08. The van der Waals surface area contributed by atoms with E-state index in [9.17, 15) is 13.2 Å². The average molecular weight is 191 g/mol. The maximum absolute atomic E-state index is 13.0. The van der Waals surface area contributed by atoms with Gasteiger partial charge in [-0.1, -0.05) is 0 Å². The molecule has 1 rings (SSSR count). The van der Waals surface area contributed by atoms with E-state index >= 15 is 0 Å². The fourth-order valence-electron chi connectivity index (χ4n) is 0.872. The van der Waals surface area contributed by atoms with Crippen molar-refractivity contribution >= 4 is 5.69 Å². The molecule has 0 fully saturated rings. The minimum atomic E-state index is -2.83. The molecule has 3 nitrogen and oxygen atoms in total. The third-order valence-electron chi connectivity index (χ3n) is 1.59. The van der Waals surface area contributed by atoms with Gasteiger partial charge in [0.2, 0.25) is 0 Å². The monoisotopic (exact) mass is 191 g/mol. The highest BCUT2D eigenvalue weighted by Crippen LogP contribution is 2.26. The Balaban J connectivity index is 3.23. The lowest BCUT2D eigenvalue weighted by atomic mass is 10.2. The van der Waals surface area contributed by atoms with E-state index in [1.807, 2.05) is 0 Å². The van der Waals surface area contributed by atoms with E-state index in [0.717, 1.165) is 6.20 Å². The van der Waals surface area contributed by atoms with E-state index in [4.69, 9.17) is 11.5 Å². The number of aromatic nitrogens is 1. The Morgan fingerprint density at radius 1 is 1.46 bits per heavy atom. The van der Waals surface area contributed by atoms with Crippen LogP contribution in [0.4, 0.5) is 18.9 Å². The Morgan fingerprint density at radius 3 is 2.54 bits per heavy atom. The van der Waals surface area contributed by atoms with Crippen LogP contribution >= 0.6 is 0 Å². The third-order valence-corrected chi connectivity index (χ3v) is 1.59. The van der Waals surface area contributed by atoms with E-state index in [1.54, 1.807) is 0 Å². The summed E-state index contributed by atoms with van der Waals surface area (Å²) in [6.45, 7) is -0.167. The minimum absolute atomic E-state index is 0.109. The SMILES string of the molecule is NCc1ncc(C(F)F)c(N)c1F. The Morgan fingerprint density at radius 2 is 2.08 bits per heavy atom. The zero-order valence-electron chi connectivity index (χ0n) is 6.60. The molecule has 4 N–H and O–H groups in total. The topological polar surface area (TPSA) is 64.9 Å². The van der Waals surface area contributed by atoms with Gasteiger partial charge in [-0.2, -0.15) is 0 Å². The molecule has 0 atom stereocenters. The molecule has 0 aliphatic heterocycles. The number of nitrogens with two attached hydrogens (primary N) is 2. The van der Waals surface area contributed by atoms with Gasteiger partial charge >= 0.3 is 0 Å². The number of hydrogen-bond donors (Lipinski definition) is 2. The minimum Gasteiger partial charge on any atom is -0.396 e. The van der Waals surface area contributed by atoms with Gasteiger partial charge in [0, 0.05) is 12.7 Å². The number of nitrogen functional groups attached to an aromatic ring is 1. The van der Waals surface area contributed by atoms with Crippen LogP contribution in [0.5, 0.6) is 0 Å². The van der Waals surface area contributed by atoms with Gasteiger partial charge < -0.3 is 11.5 Å². The fraction of sp³-hybridized carbons (Fsp3) is 0.286. The predicted molar refractivity (Wildman–Crippen MR) is 41.5 cm³/mol. The van der Waals surface area contributed by atoms with Crippen LogP contribution in [0.3, 0.4) is 0 Å². The first-order chi connectivity index (χ1) is 6.07. The molecule has 1 heterocycles. The first-order valence-electron chi connectivity index (χ1n) is 3.49. The van der Waals surface area contributed by atoms with E-state index in [1.165, 1.54) is 0 Å². The number of alkyl halides is 2. The zero-order chi connectivity index (χ0) is 10.0. The molecule has 13 heavy (non-hydrogen) atoms. The van der Waals surface area contributed by atoms with Gasteiger partial charge in [-0.15, -0.1) is 0 Å². The molecular weight excluding hydrogens is 183 g/mol. The predicted octanol–water partition coefficient (Wildman–Crippen LogP) is 1.20. The van der Waals surface area contributed by atoms with Crippen LogP contribution in [0.25, 0.3) is 0 Å². The quantitative estimate of drug-likeness (QED) is 0.738. The standard InChI is InChI=1S/C7H8F3N3/c8-5-4(1-11)13-2-3(6(5)12)7(9)10/h2,7H,1,11H2,(H2,12,13). The molecule has 0 aliphatic rings. The number of hydrogen-bond acceptors (Lipinski definition) is 3. The summed E-state index contributed by atoms with van der Waals surface area (Å²) in [5.74, 6) is -0.958. The highest BCUT2D eigenvalue weighted by atomic mass is 19.3. The Labute approximate surface area is 72.6 Å². The highest BCUT2D eigenvalue weighted by molar-refractivity contribution is 5.48. The van der Waals surface area contributed by atoms with Crippen LogP contribution in [0.2, 0.25) is 0 Å². The maximum Gasteiger partial charge on any atom is 0.267 e. The Hall–Kier alpha value is -1.30. The number of pyridine rings is 1. The smallest absolute Gasteiger partial charge is 0.267 e. The Kier molecular flexibility index (Phi) is 2.72. The number of halogens is 3. The van der Waals surface area contributed by atoms with E-state index in [0.29, 0.717) is 0 Å². The first kappa shape index (κ1) is 9.79. The van der Waals surface area contributed by atoms with Crippen LogP contribution in [0.15, 0.2) is 6.20 Å². The zero-order valence-corrected chi connectivity index (χ0v) is 6.60. The molecule has 0 radical (unpaired) electrons. The largest absolute Gasteiger partial charge is 0.396 e. The van der Waals surface area contributed by atoms with Gasteiger partial charge in [-0.3, -0.25) is 4.98 Å². The second-order valence-electron chi connectivity index (χ2n) is 2.39. The molecule has 0 saturated heterocycles. The summed E-state index contributed by atoms with van der Waals surface area (Å²) in [7, 11) is 0. The summed E-state index contributed by atoms with van der Waals surface area (Å²) in [4.78, 5) is 3.42. The molecule has 6 heteroatoms. The molecule has 0 aromatic carbocycles. The second-order valence-corrected chi connectivity index (χ2v) is 2.39. The normalized spacial score (nSPS) is 10.8. The average Bonchev–Trinajstić information content (AvgIpc) is 2.09. The van der Waals surface area contributed by atoms with Gasteiger partial charge in [-0.05, 0) is 0 Å². The van der Waals surface area contributed by atoms with Crippen molar-refractivity contribution in [2.45, 2.75) is 13.0 Å². The summed E-state index contributed by atoms with van der Waals surface area (Å²) in [5, 5.41) is 0. The van der Waals surface area contributed by atoms with Gasteiger partial charge in [0.1, 0.15) is 0 Å². The van der Waals surface area contributed by atoms with Crippen LogP contribution in [0, 0.1) is 5.82 Å². The number of rotatable bonds is 2. The van der Waals surface area contributed by atoms with Crippen molar-refractivity contribution in [3.05, 3.63) is 23.3 Å². The summed E-state index contributed by atoms with van der Waals surface area (Å²) in [5.41, 5.74) is 8.92. The van der Waals surface area contributed by atoms with Crippen molar-refractivity contribution < 1.29 is 13.2 Å². The van der Waals surface area contributed by atoms with Crippen molar-refractivity contribution in [2.24, 2.45) is 5.73 Å². The molecule has 1 aromatic heterocycles. The van der Waals surface area contributed by atoms with E-state index < -0.39 is 23.5 Å². The molecule has 0 unspecified atom stereocenters. The van der Waals surface area contributed by atoms with Crippen molar-refractivity contribution in [3.63, 3.8) is 0 Å². The molecule has 0 spiro atoms. The van der Waals surface area contributed by atoms with E-state index in [-0.39, 0.29) is 12.2 Å². The van der Waals surface area contributed by atoms with Crippen LogP contribution in [-0.4, -0.2) is 4.98 Å². The fourth-order valence-corrected chi connectivity index (χ4v) is 0.872.